The van der Waals surface area contributed by atoms with Crippen LogP contribution in [0.25, 0.3) is 0 Å². The average Bonchev–Trinajstić information content (AvgIpc) is 2.42. The van der Waals surface area contributed by atoms with Gasteiger partial charge in [-0.25, -0.2) is 0 Å². The highest BCUT2D eigenvalue weighted by Gasteiger charge is 2.41. The summed E-state index contributed by atoms with van der Waals surface area (Å²) in [5, 5.41) is 6.21. The maximum atomic E-state index is 12.0. The van der Waals surface area contributed by atoms with Crippen molar-refractivity contribution in [3.05, 3.63) is 28.8 Å². The average molecular weight is 310 g/mol. The Kier molecular flexibility index (Phi) is 4.54. The zero-order valence-corrected chi connectivity index (χ0v) is 13.3. The van der Waals surface area contributed by atoms with Gasteiger partial charge >= 0.3 is 0 Å². The van der Waals surface area contributed by atoms with Crippen LogP contribution in [0, 0.1) is 0 Å². The number of nitrogens with zero attached hydrogens (tertiary/aromatic N) is 1. The monoisotopic (exact) mass is 309 g/mol. The molecule has 1 aromatic rings. The highest BCUT2D eigenvalue weighted by atomic mass is 35.5. The highest BCUT2D eigenvalue weighted by Crippen LogP contribution is 2.30. The Hall–Kier alpha value is -1.59. The van der Waals surface area contributed by atoms with Crippen LogP contribution in [-0.2, 0) is 16.1 Å². The molecule has 2 N–H and O–H groups in total. The zero-order valence-electron chi connectivity index (χ0n) is 12.5. The highest BCUT2D eigenvalue weighted by molar-refractivity contribution is 6.31. The van der Waals surface area contributed by atoms with E-state index < -0.39 is 5.54 Å². The number of amides is 2. The van der Waals surface area contributed by atoms with Crippen LogP contribution in [0.1, 0.15) is 26.3 Å². The molecule has 2 amide bonds. The van der Waals surface area contributed by atoms with Crippen molar-refractivity contribution in [3.63, 3.8) is 0 Å². The van der Waals surface area contributed by atoms with Gasteiger partial charge in [0, 0.05) is 17.3 Å². The molecule has 0 saturated carbocycles. The Labute approximate surface area is 129 Å². The van der Waals surface area contributed by atoms with Gasteiger partial charge in [0.25, 0.3) is 5.91 Å². The van der Waals surface area contributed by atoms with E-state index >= 15 is 0 Å². The van der Waals surface area contributed by atoms with Crippen molar-refractivity contribution in [3.8, 4) is 0 Å². The van der Waals surface area contributed by atoms with E-state index in [0.29, 0.717) is 11.6 Å². The van der Waals surface area contributed by atoms with E-state index in [9.17, 15) is 9.59 Å². The molecule has 1 aromatic carbocycles. The summed E-state index contributed by atoms with van der Waals surface area (Å²) in [5.74, 6) is -0.598. The summed E-state index contributed by atoms with van der Waals surface area (Å²) < 4.78 is 0. The third-order valence-corrected chi connectivity index (χ3v) is 4.05. The fourth-order valence-electron chi connectivity index (χ4n) is 2.30. The first kappa shape index (κ1) is 15.8. The molecule has 0 atom stereocenters. The lowest BCUT2D eigenvalue weighted by Gasteiger charge is -2.41. The molecule has 1 saturated heterocycles. The Morgan fingerprint density at radius 3 is 2.71 bits per heavy atom. The standard InChI is InChI=1S/C15H20ClN3O2/c1-4-17-8-10-5-6-11(7-12(10)16)19-9-13(20)18-14(21)15(19,2)3/h5-7,17H,4,8-9H2,1-3H3,(H,18,20,21). The first-order valence-corrected chi connectivity index (χ1v) is 7.35. The van der Waals surface area contributed by atoms with Crippen LogP contribution in [0.3, 0.4) is 0 Å². The summed E-state index contributed by atoms with van der Waals surface area (Å²) in [5.41, 5.74) is 0.974. The van der Waals surface area contributed by atoms with Crippen molar-refractivity contribution in [1.29, 1.82) is 0 Å². The lowest BCUT2D eigenvalue weighted by atomic mass is 9.97. The minimum absolute atomic E-state index is 0.141. The molecule has 114 valence electrons. The molecule has 1 aliphatic rings. The SMILES string of the molecule is CCNCc1ccc(N2CC(=O)NC(=O)C2(C)C)cc1Cl. The number of hydrogen-bond donors (Lipinski definition) is 2. The minimum Gasteiger partial charge on any atom is -0.348 e. The van der Waals surface area contributed by atoms with Crippen molar-refractivity contribution in [1.82, 2.24) is 10.6 Å². The van der Waals surface area contributed by atoms with E-state index in [-0.39, 0.29) is 18.4 Å². The van der Waals surface area contributed by atoms with Crippen LogP contribution >= 0.6 is 11.6 Å². The van der Waals surface area contributed by atoms with Crippen LogP contribution in [0.4, 0.5) is 5.69 Å². The molecular weight excluding hydrogens is 290 g/mol. The molecule has 5 nitrogen and oxygen atoms in total. The lowest BCUT2D eigenvalue weighted by Crippen LogP contribution is -2.64. The Balaban J connectivity index is 2.30. The summed E-state index contributed by atoms with van der Waals surface area (Å²) in [7, 11) is 0. The predicted octanol–water partition coefficient (Wildman–Crippen LogP) is 1.69. The molecule has 1 fully saturated rings. The van der Waals surface area contributed by atoms with Crippen molar-refractivity contribution >= 4 is 29.1 Å². The zero-order chi connectivity index (χ0) is 15.6. The quantitative estimate of drug-likeness (QED) is 0.831. The molecule has 0 bridgehead atoms. The maximum absolute atomic E-state index is 12.0. The second-order valence-corrected chi connectivity index (χ2v) is 5.99. The normalized spacial score (nSPS) is 17.8. The van der Waals surface area contributed by atoms with Gasteiger partial charge in [0.2, 0.25) is 5.91 Å². The number of nitrogens with one attached hydrogen (secondary N) is 2. The van der Waals surface area contributed by atoms with Gasteiger partial charge in [0.05, 0.1) is 6.54 Å². The van der Waals surface area contributed by atoms with Gasteiger partial charge in [-0.15, -0.1) is 0 Å². The maximum Gasteiger partial charge on any atom is 0.251 e. The van der Waals surface area contributed by atoms with Gasteiger partial charge in [0.1, 0.15) is 5.54 Å². The molecule has 0 aromatic heterocycles. The second-order valence-electron chi connectivity index (χ2n) is 5.58. The van der Waals surface area contributed by atoms with E-state index in [1.54, 1.807) is 18.7 Å². The lowest BCUT2D eigenvalue weighted by molar-refractivity contribution is -0.135. The third kappa shape index (κ3) is 3.19. The van der Waals surface area contributed by atoms with Crippen LogP contribution in [-0.4, -0.2) is 30.4 Å². The predicted molar refractivity (Wildman–Crippen MR) is 83.4 cm³/mol. The number of carbonyl (C=O) groups is 2. The summed E-state index contributed by atoms with van der Waals surface area (Å²) in [6.07, 6.45) is 0. The Morgan fingerprint density at radius 1 is 1.38 bits per heavy atom. The van der Waals surface area contributed by atoms with E-state index in [1.165, 1.54) is 0 Å². The first-order valence-electron chi connectivity index (χ1n) is 6.97. The van der Waals surface area contributed by atoms with Crippen LogP contribution in [0.15, 0.2) is 18.2 Å². The Bertz CT molecular complexity index is 572. The van der Waals surface area contributed by atoms with Gasteiger partial charge in [-0.2, -0.15) is 0 Å². The molecule has 2 rings (SSSR count). The molecule has 1 aliphatic heterocycles. The smallest absolute Gasteiger partial charge is 0.251 e. The summed E-state index contributed by atoms with van der Waals surface area (Å²) in [6, 6.07) is 5.63. The van der Waals surface area contributed by atoms with E-state index in [2.05, 4.69) is 10.6 Å². The topological polar surface area (TPSA) is 61.4 Å². The summed E-state index contributed by atoms with van der Waals surface area (Å²) in [6.45, 7) is 7.30. The van der Waals surface area contributed by atoms with E-state index in [1.807, 2.05) is 25.1 Å². The number of anilines is 1. The summed E-state index contributed by atoms with van der Waals surface area (Å²) >= 11 is 6.30. The van der Waals surface area contributed by atoms with Crippen LogP contribution < -0.4 is 15.5 Å². The first-order chi connectivity index (χ1) is 9.86. The number of hydrogen-bond acceptors (Lipinski definition) is 4. The number of benzene rings is 1. The molecule has 6 heteroatoms. The van der Waals surface area contributed by atoms with Crippen molar-refractivity contribution in [2.45, 2.75) is 32.9 Å². The number of rotatable bonds is 4. The minimum atomic E-state index is -0.791. The van der Waals surface area contributed by atoms with Gasteiger partial charge in [0.15, 0.2) is 0 Å². The van der Waals surface area contributed by atoms with Gasteiger partial charge < -0.3 is 10.2 Å². The number of halogens is 1. The van der Waals surface area contributed by atoms with Gasteiger partial charge in [-0.3, -0.25) is 14.9 Å². The van der Waals surface area contributed by atoms with Crippen molar-refractivity contribution in [2.24, 2.45) is 0 Å². The van der Waals surface area contributed by atoms with E-state index in [0.717, 1.165) is 17.8 Å². The van der Waals surface area contributed by atoms with E-state index in [4.69, 9.17) is 11.6 Å². The fourth-order valence-corrected chi connectivity index (χ4v) is 2.55. The number of imide groups is 1. The fraction of sp³-hybridized carbons (Fsp3) is 0.467. The molecular formula is C15H20ClN3O2. The molecule has 21 heavy (non-hydrogen) atoms. The third-order valence-electron chi connectivity index (χ3n) is 3.70. The van der Waals surface area contributed by atoms with Crippen LogP contribution in [0.5, 0.6) is 0 Å². The Morgan fingerprint density at radius 2 is 2.10 bits per heavy atom. The number of piperazine rings is 1. The van der Waals surface area contributed by atoms with Gasteiger partial charge in [-0.05, 0) is 38.1 Å². The largest absolute Gasteiger partial charge is 0.348 e. The summed E-state index contributed by atoms with van der Waals surface area (Å²) in [4.78, 5) is 25.4. The molecule has 0 aliphatic carbocycles. The van der Waals surface area contributed by atoms with Gasteiger partial charge in [-0.1, -0.05) is 24.6 Å². The van der Waals surface area contributed by atoms with Crippen molar-refractivity contribution in [2.75, 3.05) is 18.0 Å². The number of carbonyl (C=O) groups excluding carboxylic acids is 2. The molecule has 0 radical (unpaired) electrons. The molecule has 1 heterocycles. The van der Waals surface area contributed by atoms with Crippen LogP contribution in [0.2, 0.25) is 5.02 Å². The molecule has 0 unspecified atom stereocenters. The molecule has 0 spiro atoms. The second kappa shape index (κ2) is 6.03. The van der Waals surface area contributed by atoms with Crippen molar-refractivity contribution < 1.29 is 9.59 Å².